The Balaban J connectivity index is 1.84. The molecule has 4 aliphatic heterocycles. The summed E-state index contributed by atoms with van der Waals surface area (Å²) in [5, 5.41) is 9.45. The van der Waals surface area contributed by atoms with Crippen molar-refractivity contribution in [2.45, 2.75) is 103 Å². The van der Waals surface area contributed by atoms with Crippen LogP contribution in [0.4, 0.5) is 0 Å². The van der Waals surface area contributed by atoms with E-state index in [2.05, 4.69) is 34.6 Å². The maximum Gasteiger partial charge on any atom is 0.249 e. The first kappa shape index (κ1) is 29.8. The maximum atomic E-state index is 14.6. The van der Waals surface area contributed by atoms with Crippen LogP contribution in [0.15, 0.2) is 24.3 Å². The quantitative estimate of drug-likeness (QED) is 0.355. The van der Waals surface area contributed by atoms with E-state index in [0.717, 1.165) is 12.8 Å². The highest BCUT2D eigenvalue weighted by Gasteiger charge is 2.75. The van der Waals surface area contributed by atoms with E-state index in [9.17, 15) is 19.5 Å². The fourth-order valence-electron chi connectivity index (χ4n) is 7.85. The van der Waals surface area contributed by atoms with Crippen LogP contribution in [0.5, 0.6) is 0 Å². The normalized spacial score (nSPS) is 32.9. The first-order valence-corrected chi connectivity index (χ1v) is 14.9. The van der Waals surface area contributed by atoms with Gasteiger partial charge in [0.1, 0.15) is 11.6 Å². The Morgan fingerprint density at radius 3 is 2.23 bits per heavy atom. The molecule has 0 aromatic carbocycles. The number of amides is 3. The number of fused-ring (bicyclic) bond motifs is 2. The minimum atomic E-state index is -1.23. The molecule has 2 saturated heterocycles. The molecule has 0 aromatic heterocycles. The summed E-state index contributed by atoms with van der Waals surface area (Å²) < 4.78 is 7.03. The van der Waals surface area contributed by atoms with E-state index in [4.69, 9.17) is 4.74 Å². The number of carbonyl (C=O) groups is 3. The molecule has 8 nitrogen and oxygen atoms in total. The molecule has 39 heavy (non-hydrogen) atoms. The molecule has 218 valence electrons. The van der Waals surface area contributed by atoms with E-state index >= 15 is 0 Å². The second-order valence-electron chi connectivity index (χ2n) is 13.7. The van der Waals surface area contributed by atoms with Crippen molar-refractivity contribution in [3.05, 3.63) is 24.3 Å². The van der Waals surface area contributed by atoms with Gasteiger partial charge in [-0.15, -0.1) is 0 Å². The van der Waals surface area contributed by atoms with Gasteiger partial charge in [0.2, 0.25) is 17.7 Å². The Morgan fingerprint density at radius 1 is 0.923 bits per heavy atom. The molecule has 2 fully saturated rings. The molecular formula is C31H49N3O5. The predicted octanol–water partition coefficient (Wildman–Crippen LogP) is 3.54. The third-order valence-electron chi connectivity index (χ3n) is 9.02. The number of nitrogens with zero attached hydrogens (tertiary/aromatic N) is 3. The Bertz CT molecular complexity index is 1030. The van der Waals surface area contributed by atoms with Crippen LogP contribution in [0, 0.1) is 17.3 Å². The van der Waals surface area contributed by atoms with Crippen LogP contribution in [-0.4, -0.2) is 93.1 Å². The minimum absolute atomic E-state index is 0.00436. The molecule has 1 unspecified atom stereocenters. The molecule has 4 heterocycles. The second-order valence-corrected chi connectivity index (χ2v) is 13.7. The van der Waals surface area contributed by atoms with Crippen LogP contribution in [0.3, 0.4) is 0 Å². The van der Waals surface area contributed by atoms with Crippen LogP contribution in [0.1, 0.15) is 80.6 Å². The minimum Gasteiger partial charge on any atom is -0.396 e. The lowest BCUT2D eigenvalue weighted by molar-refractivity contribution is -0.157. The van der Waals surface area contributed by atoms with Crippen LogP contribution in [0.25, 0.3) is 0 Å². The number of aliphatic hydroxyl groups excluding tert-OH is 1. The van der Waals surface area contributed by atoms with Crippen molar-refractivity contribution in [2.24, 2.45) is 17.3 Å². The van der Waals surface area contributed by atoms with E-state index < -0.39 is 34.6 Å². The summed E-state index contributed by atoms with van der Waals surface area (Å²) in [6.07, 6.45) is 11.1. The standard InChI is InChI=1S/C31H49N3O5/c1-8-16-32-17-12-14-30(9-2)22(25(32)36)23-26(37)33(18-10-11-20-35)24-27(38)34(19-13-15-31(23,24)39-30)29(6,7)21-28(3,4)5/h12-15,22-24,35H,8-11,16-21H2,1-7H3/t22-,23+,24?,30+,31+/m1/s1. The summed E-state index contributed by atoms with van der Waals surface area (Å²) in [5.41, 5.74) is -2.64. The number of ether oxygens (including phenoxy) is 1. The summed E-state index contributed by atoms with van der Waals surface area (Å²) in [7, 11) is 0. The number of aliphatic hydroxyl groups is 1. The van der Waals surface area contributed by atoms with E-state index in [1.807, 2.05) is 48.0 Å². The lowest BCUT2D eigenvalue weighted by Crippen LogP contribution is -2.60. The molecule has 8 heteroatoms. The highest BCUT2D eigenvalue weighted by Crippen LogP contribution is 2.58. The molecule has 1 N–H and O–H groups in total. The number of rotatable bonds is 9. The smallest absolute Gasteiger partial charge is 0.249 e. The van der Waals surface area contributed by atoms with E-state index in [1.165, 1.54) is 0 Å². The largest absolute Gasteiger partial charge is 0.396 e. The Labute approximate surface area is 234 Å². The van der Waals surface area contributed by atoms with Gasteiger partial charge < -0.3 is 24.5 Å². The topological polar surface area (TPSA) is 90.4 Å². The van der Waals surface area contributed by atoms with Crippen molar-refractivity contribution in [3.8, 4) is 0 Å². The SMILES string of the molecule is CCCN1CC=C[C@]2(CC)O[C@]34C=CCN(C(C)(C)CC(C)(C)C)C(=O)C3N(CCCCO)C(=O)[C@@H]4[C@@H]2C1=O. The summed E-state index contributed by atoms with van der Waals surface area (Å²) in [4.78, 5) is 48.6. The second kappa shape index (κ2) is 10.7. The van der Waals surface area contributed by atoms with E-state index in [-0.39, 0.29) is 29.7 Å². The van der Waals surface area contributed by atoms with Gasteiger partial charge in [-0.25, -0.2) is 0 Å². The molecule has 4 aliphatic rings. The lowest BCUT2D eigenvalue weighted by Gasteiger charge is -2.45. The van der Waals surface area contributed by atoms with Gasteiger partial charge in [-0.3, -0.25) is 14.4 Å². The number of carbonyl (C=O) groups excluding carboxylic acids is 3. The van der Waals surface area contributed by atoms with Gasteiger partial charge in [-0.2, -0.15) is 0 Å². The highest BCUT2D eigenvalue weighted by molar-refractivity contribution is 6.00. The predicted molar refractivity (Wildman–Crippen MR) is 151 cm³/mol. The Kier molecular flexibility index (Phi) is 8.14. The number of likely N-dealkylation sites (tertiary alicyclic amines) is 1. The fraction of sp³-hybridized carbons (Fsp3) is 0.774. The fourth-order valence-corrected chi connectivity index (χ4v) is 7.85. The van der Waals surface area contributed by atoms with Crippen molar-refractivity contribution in [3.63, 3.8) is 0 Å². The summed E-state index contributed by atoms with van der Waals surface area (Å²) >= 11 is 0. The van der Waals surface area contributed by atoms with Gasteiger partial charge in [0.05, 0.1) is 17.4 Å². The number of hydrogen-bond acceptors (Lipinski definition) is 5. The van der Waals surface area contributed by atoms with E-state index in [1.54, 1.807) is 4.90 Å². The zero-order valence-electron chi connectivity index (χ0n) is 25.0. The molecule has 0 saturated carbocycles. The third kappa shape index (κ3) is 4.96. The molecule has 0 radical (unpaired) electrons. The molecule has 0 aromatic rings. The molecule has 1 spiro atoms. The molecule has 0 bridgehead atoms. The first-order chi connectivity index (χ1) is 18.3. The Hall–Kier alpha value is -2.19. The number of unbranched alkanes of at least 4 members (excludes halogenated alkanes) is 1. The maximum absolute atomic E-state index is 14.6. The molecule has 0 aliphatic carbocycles. The van der Waals surface area contributed by atoms with Gasteiger partial charge in [0, 0.05) is 38.3 Å². The van der Waals surface area contributed by atoms with Crippen LogP contribution >= 0.6 is 0 Å². The van der Waals surface area contributed by atoms with Gasteiger partial charge in [0.15, 0.2) is 0 Å². The molecular weight excluding hydrogens is 494 g/mol. The lowest BCUT2D eigenvalue weighted by atomic mass is 9.72. The first-order valence-electron chi connectivity index (χ1n) is 14.9. The average molecular weight is 544 g/mol. The Morgan fingerprint density at radius 2 is 1.62 bits per heavy atom. The van der Waals surface area contributed by atoms with Crippen LogP contribution in [-0.2, 0) is 19.1 Å². The molecule has 5 atom stereocenters. The molecule has 3 amide bonds. The summed E-state index contributed by atoms with van der Waals surface area (Å²) in [5.74, 6) is -1.86. The zero-order valence-corrected chi connectivity index (χ0v) is 25.0. The van der Waals surface area contributed by atoms with Crippen LogP contribution in [0.2, 0.25) is 0 Å². The van der Waals surface area contributed by atoms with Crippen molar-refractivity contribution in [2.75, 3.05) is 32.8 Å². The zero-order chi connectivity index (χ0) is 28.8. The van der Waals surface area contributed by atoms with Crippen molar-refractivity contribution in [1.82, 2.24) is 14.7 Å². The van der Waals surface area contributed by atoms with Gasteiger partial charge in [-0.05, 0) is 51.4 Å². The summed E-state index contributed by atoms with van der Waals surface area (Å²) in [6.45, 7) is 16.6. The average Bonchev–Trinajstić information content (AvgIpc) is 3.12. The van der Waals surface area contributed by atoms with Crippen molar-refractivity contribution < 1.29 is 24.2 Å². The van der Waals surface area contributed by atoms with Crippen molar-refractivity contribution in [1.29, 1.82) is 0 Å². The van der Waals surface area contributed by atoms with Crippen molar-refractivity contribution >= 4 is 17.7 Å². The van der Waals surface area contributed by atoms with Gasteiger partial charge >= 0.3 is 0 Å². The third-order valence-corrected chi connectivity index (χ3v) is 9.02. The monoisotopic (exact) mass is 543 g/mol. The van der Waals surface area contributed by atoms with E-state index in [0.29, 0.717) is 45.4 Å². The molecule has 4 rings (SSSR count). The summed E-state index contributed by atoms with van der Waals surface area (Å²) in [6, 6.07) is -0.858. The van der Waals surface area contributed by atoms with Gasteiger partial charge in [0.25, 0.3) is 0 Å². The van der Waals surface area contributed by atoms with Crippen LogP contribution < -0.4 is 0 Å². The van der Waals surface area contributed by atoms with Gasteiger partial charge in [-0.1, -0.05) is 58.9 Å². The number of hydrogen-bond donors (Lipinski definition) is 1. The highest BCUT2D eigenvalue weighted by atomic mass is 16.5.